The van der Waals surface area contributed by atoms with Crippen molar-refractivity contribution in [3.05, 3.63) is 46.4 Å². The van der Waals surface area contributed by atoms with Gasteiger partial charge in [0.2, 0.25) is 5.91 Å². The smallest absolute Gasteiger partial charge is 0.321 e. The maximum atomic E-state index is 13.3. The summed E-state index contributed by atoms with van der Waals surface area (Å²) in [6.45, 7) is 5.19. The van der Waals surface area contributed by atoms with E-state index in [1.54, 1.807) is 0 Å². The second kappa shape index (κ2) is 10.2. The van der Waals surface area contributed by atoms with Crippen LogP contribution in [0.3, 0.4) is 0 Å². The van der Waals surface area contributed by atoms with Gasteiger partial charge in [-0.1, -0.05) is 50.2 Å². The van der Waals surface area contributed by atoms with E-state index in [9.17, 15) is 14.4 Å². The van der Waals surface area contributed by atoms with Crippen molar-refractivity contribution in [1.82, 2.24) is 30.0 Å². The van der Waals surface area contributed by atoms with E-state index in [2.05, 4.69) is 20.7 Å². The molecule has 0 spiro atoms. The normalized spacial score (nSPS) is 13.5. The van der Waals surface area contributed by atoms with E-state index in [0.29, 0.717) is 34.7 Å². The number of fused-ring (bicyclic) bond motifs is 3. The Morgan fingerprint density at radius 2 is 1.94 bits per heavy atom. The fraction of sp³-hybridized carbons (Fsp3) is 0.435. The molecule has 0 aliphatic carbocycles. The zero-order valence-corrected chi connectivity index (χ0v) is 19.7. The first-order chi connectivity index (χ1) is 15.9. The molecule has 2 N–H and O–H groups in total. The number of thioether (sulfide) groups is 1. The topological polar surface area (TPSA) is 111 Å². The third-order valence-corrected chi connectivity index (χ3v) is 6.40. The van der Waals surface area contributed by atoms with Gasteiger partial charge in [-0.05, 0) is 37.3 Å². The molecule has 4 rings (SSSR count). The SMILES string of the molecule is CC(C)CNC(=O)NC(=O)CSc1nc2nn(-c3ccccc3)c(=O)c-2c2n1CCCCC2. The number of amides is 3. The van der Waals surface area contributed by atoms with Crippen LogP contribution in [0.1, 0.15) is 38.8 Å². The van der Waals surface area contributed by atoms with Crippen LogP contribution in [0.2, 0.25) is 0 Å². The number of hydrogen-bond donors (Lipinski definition) is 2. The fourth-order valence-corrected chi connectivity index (χ4v) is 4.68. The van der Waals surface area contributed by atoms with E-state index < -0.39 is 11.9 Å². The highest BCUT2D eigenvalue weighted by molar-refractivity contribution is 7.99. The van der Waals surface area contributed by atoms with E-state index in [0.717, 1.165) is 37.9 Å². The molecule has 0 fully saturated rings. The van der Waals surface area contributed by atoms with Gasteiger partial charge in [-0.3, -0.25) is 14.9 Å². The van der Waals surface area contributed by atoms with E-state index in [4.69, 9.17) is 0 Å². The number of urea groups is 1. The lowest BCUT2D eigenvalue weighted by molar-refractivity contribution is -0.117. The fourth-order valence-electron chi connectivity index (χ4n) is 3.84. The molecule has 3 heterocycles. The molecule has 0 bridgehead atoms. The predicted molar refractivity (Wildman–Crippen MR) is 127 cm³/mol. The van der Waals surface area contributed by atoms with Gasteiger partial charge in [0.1, 0.15) is 5.56 Å². The van der Waals surface area contributed by atoms with Gasteiger partial charge in [0.25, 0.3) is 5.56 Å². The van der Waals surface area contributed by atoms with Crippen LogP contribution in [0, 0.1) is 5.92 Å². The molecule has 33 heavy (non-hydrogen) atoms. The third kappa shape index (κ3) is 5.27. The number of aromatic nitrogens is 4. The monoisotopic (exact) mass is 468 g/mol. The Kier molecular flexibility index (Phi) is 7.12. The molecular weight excluding hydrogens is 440 g/mol. The van der Waals surface area contributed by atoms with Gasteiger partial charge in [-0.2, -0.15) is 4.68 Å². The van der Waals surface area contributed by atoms with Crippen LogP contribution in [0.5, 0.6) is 0 Å². The Labute approximate surface area is 196 Å². The lowest BCUT2D eigenvalue weighted by Gasteiger charge is -2.17. The molecule has 0 atom stereocenters. The first kappa shape index (κ1) is 23.0. The quantitative estimate of drug-likeness (QED) is 0.425. The average Bonchev–Trinajstić information content (AvgIpc) is 2.96. The van der Waals surface area contributed by atoms with E-state index in [1.807, 2.05) is 48.7 Å². The average molecular weight is 469 g/mol. The van der Waals surface area contributed by atoms with E-state index >= 15 is 0 Å². The van der Waals surface area contributed by atoms with E-state index in [1.165, 1.54) is 16.4 Å². The summed E-state index contributed by atoms with van der Waals surface area (Å²) < 4.78 is 3.44. The number of nitrogens with zero attached hydrogens (tertiary/aromatic N) is 4. The summed E-state index contributed by atoms with van der Waals surface area (Å²) in [6, 6.07) is 8.79. The van der Waals surface area contributed by atoms with E-state index in [-0.39, 0.29) is 11.3 Å². The van der Waals surface area contributed by atoms with Crippen molar-refractivity contribution in [2.75, 3.05) is 12.3 Å². The summed E-state index contributed by atoms with van der Waals surface area (Å²) in [6.07, 6.45) is 3.77. The molecule has 0 radical (unpaired) electrons. The maximum absolute atomic E-state index is 13.3. The molecule has 0 unspecified atom stereocenters. The predicted octanol–water partition coefficient (Wildman–Crippen LogP) is 2.83. The second-order valence-electron chi connectivity index (χ2n) is 8.50. The number of carbonyl (C=O) groups is 2. The number of imide groups is 1. The summed E-state index contributed by atoms with van der Waals surface area (Å²) in [5.41, 5.74) is 1.98. The van der Waals surface area contributed by atoms with Crippen LogP contribution >= 0.6 is 11.8 Å². The zero-order valence-electron chi connectivity index (χ0n) is 18.8. The highest BCUT2D eigenvalue weighted by Crippen LogP contribution is 2.30. The number of rotatable bonds is 6. The molecule has 3 amide bonds. The maximum Gasteiger partial charge on any atom is 0.321 e. The van der Waals surface area contributed by atoms with Crippen molar-refractivity contribution >= 4 is 23.7 Å². The van der Waals surface area contributed by atoms with Gasteiger partial charge < -0.3 is 9.88 Å². The second-order valence-corrected chi connectivity index (χ2v) is 9.44. The highest BCUT2D eigenvalue weighted by Gasteiger charge is 2.27. The number of para-hydroxylation sites is 1. The Bertz CT molecular complexity index is 1170. The Balaban J connectivity index is 1.61. The van der Waals surface area contributed by atoms with Crippen LogP contribution in [0.15, 0.2) is 40.3 Å². The first-order valence-electron chi connectivity index (χ1n) is 11.2. The summed E-state index contributed by atoms with van der Waals surface area (Å²) in [5.74, 6) is 0.320. The van der Waals surface area contributed by atoms with Crippen molar-refractivity contribution in [1.29, 1.82) is 0 Å². The molecule has 0 saturated carbocycles. The van der Waals surface area contributed by atoms with Crippen molar-refractivity contribution in [3.8, 4) is 17.1 Å². The lowest BCUT2D eigenvalue weighted by Crippen LogP contribution is -2.41. The van der Waals surface area contributed by atoms with Gasteiger partial charge in [0.05, 0.1) is 11.4 Å². The van der Waals surface area contributed by atoms with Crippen LogP contribution in [-0.4, -0.2) is 43.6 Å². The van der Waals surface area contributed by atoms with Crippen LogP contribution in [-0.2, 0) is 17.8 Å². The minimum atomic E-state index is -0.498. The number of hydrogen-bond acceptors (Lipinski definition) is 6. The molecule has 1 aromatic rings. The van der Waals surface area contributed by atoms with Crippen LogP contribution < -0.4 is 16.2 Å². The summed E-state index contributed by atoms with van der Waals surface area (Å²) in [4.78, 5) is 42.1. The molecule has 3 aliphatic rings. The molecule has 0 saturated heterocycles. The molecular formula is C23H28N6O3S. The molecule has 0 aromatic heterocycles. The molecule has 174 valence electrons. The number of nitrogens with one attached hydrogen (secondary N) is 2. The van der Waals surface area contributed by atoms with Crippen molar-refractivity contribution in [3.63, 3.8) is 0 Å². The van der Waals surface area contributed by atoms with Crippen LogP contribution in [0.4, 0.5) is 4.79 Å². The first-order valence-corrected chi connectivity index (χ1v) is 12.2. The van der Waals surface area contributed by atoms with Gasteiger partial charge >= 0.3 is 6.03 Å². The van der Waals surface area contributed by atoms with Crippen molar-refractivity contribution < 1.29 is 9.59 Å². The molecule has 10 heteroatoms. The summed E-state index contributed by atoms with van der Waals surface area (Å²) in [7, 11) is 0. The van der Waals surface area contributed by atoms with Crippen molar-refractivity contribution in [2.45, 2.75) is 51.2 Å². The zero-order chi connectivity index (χ0) is 23.4. The lowest BCUT2D eigenvalue weighted by atomic mass is 10.1. The Morgan fingerprint density at radius 3 is 2.70 bits per heavy atom. The number of benzene rings is 1. The Hall–Kier alpha value is -3.14. The minimum Gasteiger partial charge on any atom is -0.338 e. The van der Waals surface area contributed by atoms with Crippen LogP contribution in [0.25, 0.3) is 17.1 Å². The van der Waals surface area contributed by atoms with Gasteiger partial charge in [-0.25, -0.2) is 9.78 Å². The Morgan fingerprint density at radius 1 is 1.15 bits per heavy atom. The van der Waals surface area contributed by atoms with Gasteiger partial charge in [-0.15, -0.1) is 5.10 Å². The number of carbonyl (C=O) groups excluding carboxylic acids is 2. The molecule has 1 aromatic carbocycles. The molecule has 9 nitrogen and oxygen atoms in total. The highest BCUT2D eigenvalue weighted by atomic mass is 32.2. The van der Waals surface area contributed by atoms with Gasteiger partial charge in [0, 0.05) is 18.8 Å². The standard InChI is InChI=1S/C23H28N6O3S/c1-15(2)13-24-22(32)25-18(30)14-33-23-26-20-19(17-11-7-4-8-12-28(17)23)21(31)29(27-20)16-9-5-3-6-10-16/h3,5-6,9-10,15H,4,7-8,11-14H2,1-2H3,(H2,24,25,30,32). The van der Waals surface area contributed by atoms with Crippen molar-refractivity contribution in [2.24, 2.45) is 5.92 Å². The molecule has 3 aliphatic heterocycles. The largest absolute Gasteiger partial charge is 0.338 e. The third-order valence-electron chi connectivity index (χ3n) is 5.42. The van der Waals surface area contributed by atoms with Gasteiger partial charge in [0.15, 0.2) is 11.0 Å². The summed E-state index contributed by atoms with van der Waals surface area (Å²) in [5, 5.41) is 10.2. The summed E-state index contributed by atoms with van der Waals surface area (Å²) >= 11 is 1.25. The minimum absolute atomic E-state index is 0.0384.